The van der Waals surface area contributed by atoms with Gasteiger partial charge in [-0.15, -0.1) is 0 Å². The lowest BCUT2D eigenvalue weighted by molar-refractivity contribution is 0.278. The zero-order valence-electron chi connectivity index (χ0n) is 22.2. The molecule has 2 aliphatic rings. The van der Waals surface area contributed by atoms with Gasteiger partial charge in [-0.2, -0.15) is 4.98 Å². The Bertz CT molecular complexity index is 1610. The molecule has 2 saturated heterocycles. The van der Waals surface area contributed by atoms with E-state index in [1.54, 1.807) is 23.1 Å². The van der Waals surface area contributed by atoms with E-state index in [0.29, 0.717) is 22.2 Å². The molecule has 6 rings (SSSR count). The maximum Gasteiger partial charge on any atom is 0.300 e. The van der Waals surface area contributed by atoms with Gasteiger partial charge in [0.05, 0.1) is 11.5 Å². The minimum Gasteiger partial charge on any atom is -0.423 e. The minimum atomic E-state index is -3.07. The van der Waals surface area contributed by atoms with Crippen LogP contribution >= 0.6 is 0 Å². The maximum atomic E-state index is 15.2. The van der Waals surface area contributed by atoms with Crippen molar-refractivity contribution in [3.8, 4) is 11.1 Å². The van der Waals surface area contributed by atoms with Crippen molar-refractivity contribution in [2.45, 2.75) is 6.54 Å². The average Bonchev–Trinajstić information content (AvgIpc) is 3.34. The summed E-state index contributed by atoms with van der Waals surface area (Å²) in [5.41, 5.74) is 3.73. The normalized spacial score (nSPS) is 18.3. The highest BCUT2D eigenvalue weighted by Gasteiger charge is 2.24. The van der Waals surface area contributed by atoms with Crippen LogP contribution < -0.4 is 10.2 Å². The molecule has 2 fully saturated rings. The van der Waals surface area contributed by atoms with Gasteiger partial charge in [0.25, 0.3) is 6.01 Å². The number of hydrogen-bond acceptors (Lipinski definition) is 8. The topological polar surface area (TPSA) is 81.9 Å². The number of hydrogen-bond donors (Lipinski definition) is 1. The number of para-hydroxylation sites is 1. The molecular formula is C29H31F2N5O3S. The molecule has 0 bridgehead atoms. The van der Waals surface area contributed by atoms with Crippen LogP contribution in [0.5, 0.6) is 0 Å². The van der Waals surface area contributed by atoms with E-state index in [2.05, 4.69) is 39.3 Å². The molecule has 0 aliphatic carbocycles. The van der Waals surface area contributed by atoms with E-state index in [-0.39, 0.29) is 42.7 Å². The van der Waals surface area contributed by atoms with Gasteiger partial charge in [0, 0.05) is 68.3 Å². The van der Waals surface area contributed by atoms with Gasteiger partial charge in [-0.3, -0.25) is 4.90 Å². The number of rotatable bonds is 6. The van der Waals surface area contributed by atoms with Crippen molar-refractivity contribution in [1.82, 2.24) is 14.8 Å². The number of likely N-dealkylation sites (N-methyl/N-ethyl adjacent to an activating group) is 1. The molecule has 3 aromatic carbocycles. The third kappa shape index (κ3) is 5.67. The van der Waals surface area contributed by atoms with Crippen molar-refractivity contribution in [3.63, 3.8) is 0 Å². The minimum absolute atomic E-state index is 0.00166. The van der Waals surface area contributed by atoms with Crippen molar-refractivity contribution >= 4 is 38.3 Å². The summed E-state index contributed by atoms with van der Waals surface area (Å²) in [6.45, 7) is 4.47. The summed E-state index contributed by atoms with van der Waals surface area (Å²) in [6.07, 6.45) is 0. The standard InChI is InChI=1S/C29H31F2N5O3S/c1-34-8-10-36(11-9-34)22-5-2-4-21(18-22)32-29-33-27-7-3-6-23(28(27)39-29)20-16-25(30)24(26(31)17-20)19-35-12-14-40(37,38)15-13-35/h2-7,16-18H,8-15,19H2,1H3,(H,32,33). The van der Waals surface area contributed by atoms with Crippen molar-refractivity contribution < 1.29 is 21.6 Å². The molecule has 4 aromatic rings. The van der Waals surface area contributed by atoms with Gasteiger partial charge in [-0.1, -0.05) is 18.2 Å². The Morgan fingerprint density at radius 3 is 2.35 bits per heavy atom. The molecule has 1 aromatic heterocycles. The first kappa shape index (κ1) is 26.7. The van der Waals surface area contributed by atoms with Crippen LogP contribution in [0.4, 0.5) is 26.2 Å². The summed E-state index contributed by atoms with van der Waals surface area (Å²) in [5.74, 6) is -1.37. The quantitative estimate of drug-likeness (QED) is 0.365. The molecule has 3 heterocycles. The number of aromatic nitrogens is 1. The highest BCUT2D eigenvalue weighted by molar-refractivity contribution is 7.91. The third-order valence-corrected chi connectivity index (χ3v) is 9.26. The number of oxazole rings is 1. The van der Waals surface area contributed by atoms with Gasteiger partial charge < -0.3 is 19.5 Å². The van der Waals surface area contributed by atoms with Crippen LogP contribution in [-0.2, 0) is 16.4 Å². The van der Waals surface area contributed by atoms with Crippen molar-refractivity contribution in [2.24, 2.45) is 0 Å². The molecule has 0 radical (unpaired) electrons. The number of piperazine rings is 1. The summed E-state index contributed by atoms with van der Waals surface area (Å²) in [7, 11) is -0.949. The Hall–Kier alpha value is -3.54. The second kappa shape index (κ2) is 10.8. The van der Waals surface area contributed by atoms with Gasteiger partial charge in [0.2, 0.25) is 0 Å². The van der Waals surface area contributed by atoms with Gasteiger partial charge >= 0.3 is 0 Å². The number of anilines is 3. The van der Waals surface area contributed by atoms with E-state index in [1.807, 2.05) is 12.1 Å². The van der Waals surface area contributed by atoms with Crippen LogP contribution in [-0.4, -0.2) is 81.0 Å². The molecule has 0 spiro atoms. The Morgan fingerprint density at radius 2 is 1.62 bits per heavy atom. The van der Waals surface area contributed by atoms with Gasteiger partial charge in [0.15, 0.2) is 15.4 Å². The zero-order valence-corrected chi connectivity index (χ0v) is 23.1. The first-order valence-electron chi connectivity index (χ1n) is 13.4. The predicted octanol–water partition coefficient (Wildman–Crippen LogP) is 4.50. The predicted molar refractivity (Wildman–Crippen MR) is 153 cm³/mol. The average molecular weight is 568 g/mol. The fourth-order valence-electron chi connectivity index (χ4n) is 5.24. The summed E-state index contributed by atoms with van der Waals surface area (Å²) in [6, 6.07) is 16.3. The fraction of sp³-hybridized carbons (Fsp3) is 0.345. The number of halogens is 2. The second-order valence-electron chi connectivity index (χ2n) is 10.5. The number of benzene rings is 3. The molecule has 210 valence electrons. The van der Waals surface area contributed by atoms with Crippen LogP contribution in [0.25, 0.3) is 22.2 Å². The maximum absolute atomic E-state index is 15.2. The summed E-state index contributed by atoms with van der Waals surface area (Å²) >= 11 is 0. The molecule has 0 amide bonds. The van der Waals surface area contributed by atoms with Crippen LogP contribution in [0.2, 0.25) is 0 Å². The van der Waals surface area contributed by atoms with E-state index in [0.717, 1.165) is 37.6 Å². The summed E-state index contributed by atoms with van der Waals surface area (Å²) < 4.78 is 59.8. The van der Waals surface area contributed by atoms with E-state index in [9.17, 15) is 8.42 Å². The Balaban J connectivity index is 1.23. The van der Waals surface area contributed by atoms with E-state index in [4.69, 9.17) is 4.42 Å². The van der Waals surface area contributed by atoms with Gasteiger partial charge in [0.1, 0.15) is 17.2 Å². The molecule has 8 nitrogen and oxygen atoms in total. The zero-order chi connectivity index (χ0) is 27.9. The number of nitrogens with one attached hydrogen (secondary N) is 1. The largest absolute Gasteiger partial charge is 0.423 e. The number of sulfone groups is 1. The lowest BCUT2D eigenvalue weighted by Gasteiger charge is -2.34. The second-order valence-corrected chi connectivity index (χ2v) is 12.8. The van der Waals surface area contributed by atoms with E-state index >= 15 is 8.78 Å². The Morgan fingerprint density at radius 1 is 0.925 bits per heavy atom. The molecule has 0 saturated carbocycles. The summed E-state index contributed by atoms with van der Waals surface area (Å²) in [4.78, 5) is 11.0. The van der Waals surface area contributed by atoms with Crippen LogP contribution in [0, 0.1) is 11.6 Å². The van der Waals surface area contributed by atoms with Gasteiger partial charge in [-0.25, -0.2) is 17.2 Å². The Kier molecular flexibility index (Phi) is 7.20. The Labute approximate surface area is 232 Å². The molecule has 40 heavy (non-hydrogen) atoms. The molecule has 0 unspecified atom stereocenters. The molecule has 2 aliphatic heterocycles. The van der Waals surface area contributed by atoms with Crippen LogP contribution in [0.15, 0.2) is 59.0 Å². The van der Waals surface area contributed by atoms with E-state index in [1.165, 1.54) is 12.1 Å². The van der Waals surface area contributed by atoms with Crippen LogP contribution in [0.1, 0.15) is 5.56 Å². The molecule has 0 atom stereocenters. The van der Waals surface area contributed by atoms with E-state index < -0.39 is 21.5 Å². The monoisotopic (exact) mass is 567 g/mol. The highest BCUT2D eigenvalue weighted by atomic mass is 32.2. The van der Waals surface area contributed by atoms with Gasteiger partial charge in [-0.05, 0) is 49.0 Å². The lowest BCUT2D eigenvalue weighted by Crippen LogP contribution is -2.44. The number of nitrogens with zero attached hydrogens (tertiary/aromatic N) is 4. The highest BCUT2D eigenvalue weighted by Crippen LogP contribution is 2.34. The first-order valence-corrected chi connectivity index (χ1v) is 15.2. The first-order chi connectivity index (χ1) is 19.2. The molecular weight excluding hydrogens is 536 g/mol. The fourth-order valence-corrected chi connectivity index (χ4v) is 6.52. The van der Waals surface area contributed by atoms with Crippen molar-refractivity contribution in [3.05, 3.63) is 71.8 Å². The SMILES string of the molecule is CN1CCN(c2cccc(Nc3nc4cccc(-c5cc(F)c(CN6CCS(=O)(=O)CC6)c(F)c5)c4o3)c2)CC1. The lowest BCUT2D eigenvalue weighted by atomic mass is 10.0. The van der Waals surface area contributed by atoms with Crippen LogP contribution in [0.3, 0.4) is 0 Å². The van der Waals surface area contributed by atoms with Crippen molar-refractivity contribution in [2.75, 3.05) is 68.0 Å². The number of fused-ring (bicyclic) bond motifs is 1. The summed E-state index contributed by atoms with van der Waals surface area (Å²) in [5, 5.41) is 3.23. The molecule has 11 heteroatoms. The van der Waals surface area contributed by atoms with Crippen molar-refractivity contribution in [1.29, 1.82) is 0 Å². The molecule has 1 N–H and O–H groups in total. The third-order valence-electron chi connectivity index (χ3n) is 7.65. The smallest absolute Gasteiger partial charge is 0.300 e.